The average molecular weight is 1270 g/mol. The Balaban J connectivity index is 0.000000218. The molecule has 22 nitrogen and oxygen atoms in total. The Morgan fingerprint density at radius 1 is 0.527 bits per heavy atom. The van der Waals surface area contributed by atoms with Crippen LogP contribution in [-0.4, -0.2) is 161 Å². The SMILES string of the molecule is CC(=O)NC[C@H]1CN(c2ccc(N3CCN(C(=O)CCC(=O)c4ccc(CN)cc4)CC3)c(F)c2)C(=O)O1.CC(=O)NC[C@H]1CN(c2ccc(N3CCN(C(=O)CCC(=O)c4ccc(CNC(=O)OCC5c6ccccc6-c6ccccc65)cc4)CC3)c(F)c2)C(=O)O1. The number of Topliss-reactive ketones (excluding diaryl/α,β-unsaturated/α-hetero) is 2. The lowest BCUT2D eigenvalue weighted by Crippen LogP contribution is -2.49. The Bertz CT molecular complexity index is 3720. The number of benzene rings is 6. The highest BCUT2D eigenvalue weighted by molar-refractivity contribution is 5.99. The number of nitrogens with one attached hydrogen (secondary N) is 3. The fourth-order valence-electron chi connectivity index (χ4n) is 11.9. The second kappa shape index (κ2) is 30.3. The van der Waals surface area contributed by atoms with Gasteiger partial charge in [-0.15, -0.1) is 0 Å². The molecule has 0 saturated carbocycles. The fraction of sp³-hybridized carbons (Fsp3) is 0.348. The molecule has 0 radical (unpaired) electrons. The predicted octanol–water partition coefficient (Wildman–Crippen LogP) is 7.69. The number of ketones is 2. The van der Waals surface area contributed by atoms with Gasteiger partial charge in [-0.1, -0.05) is 97.1 Å². The van der Waals surface area contributed by atoms with Crippen LogP contribution in [0.3, 0.4) is 0 Å². The van der Waals surface area contributed by atoms with E-state index in [4.69, 9.17) is 19.9 Å². The number of nitrogens with two attached hydrogens (primary N) is 1. The molecule has 7 amide bonds. The summed E-state index contributed by atoms with van der Waals surface area (Å²) in [6.45, 7) is 7.68. The zero-order valence-electron chi connectivity index (χ0n) is 51.8. The maximum absolute atomic E-state index is 15.2. The van der Waals surface area contributed by atoms with E-state index in [1.54, 1.807) is 70.5 Å². The number of piperazine rings is 2. The molecular weight excluding hydrogens is 1200 g/mol. The predicted molar refractivity (Wildman–Crippen MR) is 343 cm³/mol. The Morgan fingerprint density at radius 3 is 1.35 bits per heavy atom. The highest BCUT2D eigenvalue weighted by atomic mass is 19.1. The smallest absolute Gasteiger partial charge is 0.414 e. The molecule has 0 unspecified atom stereocenters. The van der Waals surface area contributed by atoms with Crippen LogP contribution in [0.4, 0.5) is 45.9 Å². The van der Waals surface area contributed by atoms with Gasteiger partial charge in [0, 0.05) is 122 Å². The number of halogens is 2. The number of nitrogens with zero attached hydrogens (tertiary/aromatic N) is 6. The second-order valence-corrected chi connectivity index (χ2v) is 23.2. The van der Waals surface area contributed by atoms with Gasteiger partial charge in [0.25, 0.3) is 0 Å². The van der Waals surface area contributed by atoms with Gasteiger partial charge in [0.15, 0.2) is 11.6 Å². The molecule has 6 aromatic rings. The third-order valence-electron chi connectivity index (χ3n) is 17.0. The van der Waals surface area contributed by atoms with E-state index in [1.807, 2.05) is 46.2 Å². The zero-order chi connectivity index (χ0) is 65.7. The molecule has 0 bridgehead atoms. The monoisotopic (exact) mass is 1270 g/mol. The van der Waals surface area contributed by atoms with Gasteiger partial charge in [0.1, 0.15) is 30.4 Å². The summed E-state index contributed by atoms with van der Waals surface area (Å²) in [4.78, 5) is 120. The Kier molecular flexibility index (Phi) is 21.4. The second-order valence-electron chi connectivity index (χ2n) is 23.2. The van der Waals surface area contributed by atoms with Crippen molar-refractivity contribution >= 4 is 76.2 Å². The van der Waals surface area contributed by atoms with Gasteiger partial charge in [-0.25, -0.2) is 23.2 Å². The molecule has 0 spiro atoms. The minimum atomic E-state index is -0.606. The van der Waals surface area contributed by atoms with E-state index in [0.717, 1.165) is 33.4 Å². The first-order valence-electron chi connectivity index (χ1n) is 31.0. The summed E-state index contributed by atoms with van der Waals surface area (Å²) in [7, 11) is 0. The Morgan fingerprint density at radius 2 is 0.946 bits per heavy atom. The lowest BCUT2D eigenvalue weighted by molar-refractivity contribution is -0.132. The van der Waals surface area contributed by atoms with Gasteiger partial charge in [-0.2, -0.15) is 0 Å². The third-order valence-corrected chi connectivity index (χ3v) is 17.0. The quantitative estimate of drug-likeness (QED) is 0.0398. The third kappa shape index (κ3) is 16.5. The number of ether oxygens (including phenoxy) is 3. The van der Waals surface area contributed by atoms with Crippen LogP contribution in [0.5, 0.6) is 0 Å². The van der Waals surface area contributed by atoms with Crippen molar-refractivity contribution in [2.45, 2.75) is 70.7 Å². The van der Waals surface area contributed by atoms with Crippen LogP contribution in [0.1, 0.15) is 88.4 Å². The van der Waals surface area contributed by atoms with Crippen LogP contribution in [0.15, 0.2) is 133 Å². The number of amides is 7. The van der Waals surface area contributed by atoms with E-state index < -0.39 is 42.1 Å². The topological polar surface area (TPSA) is 263 Å². The summed E-state index contributed by atoms with van der Waals surface area (Å²) in [6.07, 6.45) is -2.40. The minimum Gasteiger partial charge on any atom is -0.449 e. The maximum Gasteiger partial charge on any atom is 0.414 e. The van der Waals surface area contributed by atoms with Crippen LogP contribution in [0.25, 0.3) is 11.1 Å². The first-order valence-corrected chi connectivity index (χ1v) is 31.0. The van der Waals surface area contributed by atoms with Gasteiger partial charge in [0.05, 0.1) is 48.9 Å². The molecule has 0 aromatic heterocycles. The molecule has 6 aromatic carbocycles. The van der Waals surface area contributed by atoms with Gasteiger partial charge in [-0.05, 0) is 69.8 Å². The van der Waals surface area contributed by atoms with Crippen LogP contribution in [-0.2, 0) is 46.5 Å². The number of alkyl carbamates (subject to hydrolysis) is 1. The molecule has 486 valence electrons. The molecule has 4 heterocycles. The molecule has 11 rings (SSSR count). The summed E-state index contributed by atoms with van der Waals surface area (Å²) in [5.41, 5.74) is 14.4. The van der Waals surface area contributed by atoms with Crippen LogP contribution in [0, 0.1) is 11.6 Å². The molecule has 5 N–H and O–H groups in total. The number of cyclic esters (lactones) is 2. The van der Waals surface area contributed by atoms with Crippen molar-refractivity contribution in [3.8, 4) is 11.1 Å². The van der Waals surface area contributed by atoms with Crippen LogP contribution in [0.2, 0.25) is 0 Å². The summed E-state index contributed by atoms with van der Waals surface area (Å²) in [6, 6.07) is 39.4. The average Bonchev–Trinajstić information content (AvgIpc) is 1.70. The molecular formula is C69H74F2N10O12. The van der Waals surface area contributed by atoms with Crippen molar-refractivity contribution in [1.82, 2.24) is 25.8 Å². The van der Waals surface area contributed by atoms with E-state index >= 15 is 8.78 Å². The number of carbonyl (C=O) groups is 9. The summed E-state index contributed by atoms with van der Waals surface area (Å²) in [5.74, 6) is -1.96. The summed E-state index contributed by atoms with van der Waals surface area (Å²) < 4.78 is 46.4. The molecule has 93 heavy (non-hydrogen) atoms. The van der Waals surface area contributed by atoms with Crippen molar-refractivity contribution in [3.63, 3.8) is 0 Å². The molecule has 1 aliphatic carbocycles. The van der Waals surface area contributed by atoms with Crippen molar-refractivity contribution < 1.29 is 66.1 Å². The largest absolute Gasteiger partial charge is 0.449 e. The van der Waals surface area contributed by atoms with Gasteiger partial charge < -0.3 is 55.5 Å². The first kappa shape index (κ1) is 65.7. The molecule has 4 saturated heterocycles. The molecule has 24 heteroatoms. The normalized spacial score (nSPS) is 16.7. The van der Waals surface area contributed by atoms with Crippen molar-refractivity contribution in [2.75, 3.05) is 105 Å². The van der Waals surface area contributed by atoms with Crippen molar-refractivity contribution in [2.24, 2.45) is 5.73 Å². The number of anilines is 4. The standard InChI is InChI=1S/C42H42FN5O7.C27H32FN5O5/c1-27(49)44-24-31-25-48(42(53)55-31)30-14-15-38(37(43)22-30)46-18-20-47(21-19-46)40(51)17-16-39(50)29-12-10-28(11-13-29)23-45-41(52)54-26-36-34-8-4-2-6-32(34)33-7-3-5-9-35(33)36;1-18(34)30-16-22-17-33(27(37)38-22)21-6-7-24(23(28)14-21)31-10-12-32(13-11-31)26(36)9-8-25(35)20-4-2-19(15-29)3-5-20/h2-15,22,31,36H,16-21,23-26H2,1H3,(H,44,49)(H,45,52);2-7,14,22H,8-13,15-17,29H2,1H3,(H,30,34)/t31-;22-/m00/s1. The summed E-state index contributed by atoms with van der Waals surface area (Å²) >= 11 is 0. The zero-order valence-corrected chi connectivity index (χ0v) is 51.8. The van der Waals surface area contributed by atoms with Crippen LogP contribution >= 0.6 is 0 Å². The fourth-order valence-corrected chi connectivity index (χ4v) is 11.9. The Labute approximate surface area is 536 Å². The van der Waals surface area contributed by atoms with Gasteiger partial charge >= 0.3 is 18.3 Å². The van der Waals surface area contributed by atoms with E-state index in [-0.39, 0.29) is 106 Å². The summed E-state index contributed by atoms with van der Waals surface area (Å²) in [5, 5.41) is 8.01. The molecule has 2 atom stereocenters. The highest BCUT2D eigenvalue weighted by Crippen LogP contribution is 2.44. The molecule has 4 fully saturated rings. The lowest BCUT2D eigenvalue weighted by atomic mass is 9.98. The van der Waals surface area contributed by atoms with E-state index in [2.05, 4.69) is 40.2 Å². The number of carbonyl (C=O) groups excluding carboxylic acids is 9. The Hall–Kier alpha value is -10.2. The highest BCUT2D eigenvalue weighted by Gasteiger charge is 2.36. The van der Waals surface area contributed by atoms with E-state index in [1.165, 1.54) is 35.8 Å². The molecule has 5 aliphatic rings. The van der Waals surface area contributed by atoms with Crippen molar-refractivity contribution in [1.29, 1.82) is 0 Å². The van der Waals surface area contributed by atoms with Crippen LogP contribution < -0.4 is 41.3 Å². The number of rotatable bonds is 21. The van der Waals surface area contributed by atoms with Crippen molar-refractivity contribution in [3.05, 3.63) is 178 Å². The van der Waals surface area contributed by atoms with Gasteiger partial charge in [-0.3, -0.25) is 38.6 Å². The minimum absolute atomic E-state index is 0.0295. The number of hydrogen-bond donors (Lipinski definition) is 4. The van der Waals surface area contributed by atoms with Gasteiger partial charge in [0.2, 0.25) is 23.6 Å². The lowest BCUT2D eigenvalue weighted by Gasteiger charge is -2.36. The number of hydrogen-bond acceptors (Lipinski definition) is 15. The van der Waals surface area contributed by atoms with E-state index in [0.29, 0.717) is 92.8 Å². The number of fused-ring (bicyclic) bond motifs is 3. The maximum atomic E-state index is 15.2. The first-order chi connectivity index (χ1) is 44.9. The molecule has 4 aliphatic heterocycles. The van der Waals surface area contributed by atoms with E-state index in [9.17, 15) is 43.2 Å².